The highest BCUT2D eigenvalue weighted by atomic mass is 16.5. The van der Waals surface area contributed by atoms with Gasteiger partial charge < -0.3 is 20.1 Å². The minimum Gasteiger partial charge on any atom is -0.491 e. The van der Waals surface area contributed by atoms with E-state index in [0.29, 0.717) is 18.6 Å². The van der Waals surface area contributed by atoms with Gasteiger partial charge in [0.15, 0.2) is 0 Å². The Kier molecular flexibility index (Phi) is 3.27. The molecule has 5 nitrogen and oxygen atoms in total. The maximum Gasteiger partial charge on any atom is 0.315 e. The molecule has 2 aliphatic heterocycles. The van der Waals surface area contributed by atoms with E-state index in [1.54, 1.807) is 0 Å². The number of fused-ring (bicyclic) bond motifs is 3. The topological polar surface area (TPSA) is 59.6 Å². The van der Waals surface area contributed by atoms with Gasteiger partial charge in [-0.05, 0) is 37.3 Å². The number of carbonyl (C=O) groups is 1. The lowest BCUT2D eigenvalue weighted by Crippen LogP contribution is -2.72. The van der Waals surface area contributed by atoms with Crippen LogP contribution in [-0.4, -0.2) is 37.4 Å². The molecule has 4 aliphatic rings. The maximum absolute atomic E-state index is 12.5. The van der Waals surface area contributed by atoms with Gasteiger partial charge in [0.05, 0.1) is 12.1 Å². The lowest BCUT2D eigenvalue weighted by Gasteiger charge is -2.63. The van der Waals surface area contributed by atoms with Gasteiger partial charge in [-0.1, -0.05) is 24.6 Å². The Morgan fingerprint density at radius 1 is 1.21 bits per heavy atom. The highest BCUT2D eigenvalue weighted by Gasteiger charge is 2.67. The molecule has 5 rings (SSSR count). The second-order valence-corrected chi connectivity index (χ2v) is 7.75. The van der Waals surface area contributed by atoms with Crippen LogP contribution < -0.4 is 15.4 Å². The fourth-order valence-corrected chi connectivity index (χ4v) is 5.24. The largest absolute Gasteiger partial charge is 0.491 e. The number of hydrogen-bond donors (Lipinski definition) is 2. The Morgan fingerprint density at radius 3 is 2.92 bits per heavy atom. The highest BCUT2D eigenvalue weighted by Crippen LogP contribution is 2.62. The molecular formula is C19H24N2O3. The third kappa shape index (κ3) is 2.07. The molecule has 0 bridgehead atoms. The first-order chi connectivity index (χ1) is 11.8. The van der Waals surface area contributed by atoms with Crippen molar-refractivity contribution in [2.75, 3.05) is 13.2 Å². The van der Waals surface area contributed by atoms with Crippen molar-refractivity contribution in [1.82, 2.24) is 10.6 Å². The number of rotatable bonds is 2. The van der Waals surface area contributed by atoms with E-state index >= 15 is 0 Å². The number of hydrogen-bond acceptors (Lipinski definition) is 3. The van der Waals surface area contributed by atoms with E-state index in [9.17, 15) is 4.79 Å². The molecule has 2 amide bonds. The monoisotopic (exact) mass is 328 g/mol. The number of benzene rings is 1. The summed E-state index contributed by atoms with van der Waals surface area (Å²) in [6.45, 7) is 1.39. The molecule has 1 aromatic rings. The molecule has 0 unspecified atom stereocenters. The van der Waals surface area contributed by atoms with Gasteiger partial charge in [0.1, 0.15) is 12.4 Å². The van der Waals surface area contributed by atoms with Gasteiger partial charge in [-0.25, -0.2) is 4.79 Å². The first kappa shape index (κ1) is 14.6. The van der Waals surface area contributed by atoms with Crippen molar-refractivity contribution in [3.05, 3.63) is 29.8 Å². The van der Waals surface area contributed by atoms with Crippen molar-refractivity contribution in [3.8, 4) is 5.75 Å². The number of amides is 2. The SMILES string of the molecule is O=C(N[C@@H]1COc2ccccc2C1)N[C@@H]1[C@H]2CCO[C@H]2C12CCC2. The van der Waals surface area contributed by atoms with Crippen LogP contribution in [0, 0.1) is 11.3 Å². The summed E-state index contributed by atoms with van der Waals surface area (Å²) in [7, 11) is 0. The lowest BCUT2D eigenvalue weighted by atomic mass is 9.46. The molecule has 2 N–H and O–H groups in total. The number of para-hydroxylation sites is 1. The van der Waals surface area contributed by atoms with E-state index in [1.165, 1.54) is 19.3 Å². The van der Waals surface area contributed by atoms with Gasteiger partial charge in [0.2, 0.25) is 0 Å². The lowest BCUT2D eigenvalue weighted by molar-refractivity contribution is -0.172. The Labute approximate surface area is 142 Å². The molecule has 128 valence electrons. The van der Waals surface area contributed by atoms with Crippen molar-refractivity contribution in [1.29, 1.82) is 0 Å². The van der Waals surface area contributed by atoms with Crippen LogP contribution in [0.5, 0.6) is 5.75 Å². The summed E-state index contributed by atoms with van der Waals surface area (Å²) >= 11 is 0. The zero-order valence-corrected chi connectivity index (χ0v) is 13.8. The Hall–Kier alpha value is -1.75. The summed E-state index contributed by atoms with van der Waals surface area (Å²) in [5, 5.41) is 6.38. The molecule has 4 atom stereocenters. The van der Waals surface area contributed by atoms with Crippen LogP contribution in [0.2, 0.25) is 0 Å². The van der Waals surface area contributed by atoms with Gasteiger partial charge in [-0.15, -0.1) is 0 Å². The Balaban J connectivity index is 1.21. The summed E-state index contributed by atoms with van der Waals surface area (Å²) in [6.07, 6.45) is 5.95. The van der Waals surface area contributed by atoms with Crippen molar-refractivity contribution < 1.29 is 14.3 Å². The van der Waals surface area contributed by atoms with E-state index in [-0.39, 0.29) is 23.5 Å². The average molecular weight is 328 g/mol. The highest BCUT2D eigenvalue weighted by molar-refractivity contribution is 5.75. The van der Waals surface area contributed by atoms with Crippen LogP contribution in [0.25, 0.3) is 0 Å². The third-order valence-corrected chi connectivity index (χ3v) is 6.54. The summed E-state index contributed by atoms with van der Waals surface area (Å²) in [4.78, 5) is 12.5. The summed E-state index contributed by atoms with van der Waals surface area (Å²) in [6, 6.07) is 8.32. The normalized spacial score (nSPS) is 35.0. The minimum atomic E-state index is -0.0513. The molecule has 24 heavy (non-hydrogen) atoms. The van der Waals surface area contributed by atoms with Gasteiger partial charge in [0, 0.05) is 24.0 Å². The molecule has 2 saturated carbocycles. The van der Waals surface area contributed by atoms with E-state index < -0.39 is 0 Å². The van der Waals surface area contributed by atoms with Crippen LogP contribution in [-0.2, 0) is 11.2 Å². The minimum absolute atomic E-state index is 0.0351. The zero-order valence-electron chi connectivity index (χ0n) is 13.8. The van der Waals surface area contributed by atoms with E-state index in [2.05, 4.69) is 16.7 Å². The standard InChI is InChI=1S/C19H24N2O3/c22-18(20-13-10-12-4-1-2-5-15(12)24-11-13)21-16-14-6-9-23-17(14)19(16)7-3-8-19/h1-2,4-5,13-14,16-17H,3,6-11H2,(H2,20,21,22)/t13-,14+,16+,17+/m0/s1. The second-order valence-electron chi connectivity index (χ2n) is 7.75. The van der Waals surface area contributed by atoms with Crippen LogP contribution in [0.3, 0.4) is 0 Å². The van der Waals surface area contributed by atoms with Crippen LogP contribution in [0.4, 0.5) is 4.79 Å². The van der Waals surface area contributed by atoms with E-state index in [0.717, 1.165) is 30.8 Å². The second kappa shape index (κ2) is 5.38. The number of urea groups is 1. The van der Waals surface area contributed by atoms with E-state index in [4.69, 9.17) is 9.47 Å². The number of carbonyl (C=O) groups excluding carboxylic acids is 1. The van der Waals surface area contributed by atoms with Gasteiger partial charge in [-0.3, -0.25) is 0 Å². The number of nitrogens with one attached hydrogen (secondary N) is 2. The average Bonchev–Trinajstić information content (AvgIpc) is 2.96. The zero-order chi connectivity index (χ0) is 16.1. The smallest absolute Gasteiger partial charge is 0.315 e. The van der Waals surface area contributed by atoms with Gasteiger partial charge in [-0.2, -0.15) is 0 Å². The Morgan fingerprint density at radius 2 is 2.08 bits per heavy atom. The molecule has 0 radical (unpaired) electrons. The fourth-order valence-electron chi connectivity index (χ4n) is 5.24. The molecule has 3 fully saturated rings. The summed E-state index contributed by atoms with van der Waals surface area (Å²) in [5.41, 5.74) is 1.39. The number of ether oxygens (including phenoxy) is 2. The van der Waals surface area contributed by atoms with Crippen molar-refractivity contribution in [3.63, 3.8) is 0 Å². The molecule has 2 heterocycles. The molecular weight excluding hydrogens is 304 g/mol. The third-order valence-electron chi connectivity index (χ3n) is 6.54. The summed E-state index contributed by atoms with van der Waals surface area (Å²) < 4.78 is 11.7. The van der Waals surface area contributed by atoms with Crippen molar-refractivity contribution >= 4 is 6.03 Å². The predicted molar refractivity (Wildman–Crippen MR) is 89.0 cm³/mol. The molecule has 0 aromatic heterocycles. The van der Waals surface area contributed by atoms with Gasteiger partial charge in [0.25, 0.3) is 0 Å². The van der Waals surface area contributed by atoms with Crippen molar-refractivity contribution in [2.45, 2.75) is 50.3 Å². The molecule has 1 aromatic carbocycles. The van der Waals surface area contributed by atoms with Crippen molar-refractivity contribution in [2.24, 2.45) is 11.3 Å². The first-order valence-electron chi connectivity index (χ1n) is 9.16. The Bertz CT molecular complexity index is 658. The van der Waals surface area contributed by atoms with Crippen LogP contribution in [0.15, 0.2) is 24.3 Å². The predicted octanol–water partition coefficient (Wildman–Crippen LogP) is 2.25. The maximum atomic E-state index is 12.5. The van der Waals surface area contributed by atoms with Gasteiger partial charge >= 0.3 is 6.03 Å². The molecule has 2 aliphatic carbocycles. The first-order valence-corrected chi connectivity index (χ1v) is 9.16. The van der Waals surface area contributed by atoms with Crippen LogP contribution >= 0.6 is 0 Å². The van der Waals surface area contributed by atoms with Crippen LogP contribution in [0.1, 0.15) is 31.2 Å². The quantitative estimate of drug-likeness (QED) is 0.875. The molecule has 5 heteroatoms. The fraction of sp³-hybridized carbons (Fsp3) is 0.632. The summed E-state index contributed by atoms with van der Waals surface area (Å²) in [5.74, 6) is 1.45. The van der Waals surface area contributed by atoms with E-state index in [1.807, 2.05) is 18.2 Å². The molecule has 1 spiro atoms. The molecule has 1 saturated heterocycles.